The van der Waals surface area contributed by atoms with E-state index in [1.807, 2.05) is 29.5 Å². The largest absolute Gasteiger partial charge is 0.497 e. The van der Waals surface area contributed by atoms with E-state index in [9.17, 15) is 36.2 Å². The first kappa shape index (κ1) is 27.2. The molecule has 0 aromatic heterocycles. The van der Waals surface area contributed by atoms with Crippen molar-refractivity contribution in [3.8, 4) is 17.2 Å². The molecule has 2 aromatic carbocycles. The van der Waals surface area contributed by atoms with E-state index in [4.69, 9.17) is 14.2 Å². The highest BCUT2D eigenvalue weighted by Gasteiger charge is 2.72. The number of benzene rings is 2. The van der Waals surface area contributed by atoms with Crippen LogP contribution < -0.4 is 19.1 Å². The van der Waals surface area contributed by atoms with Crippen LogP contribution in [0.3, 0.4) is 0 Å². The number of methoxy groups -OCH3 is 1. The smallest absolute Gasteiger partial charge is 0.430 e. The van der Waals surface area contributed by atoms with E-state index < -0.39 is 47.7 Å². The summed E-state index contributed by atoms with van der Waals surface area (Å²) in [6.07, 6.45) is -11.1. The number of nitrogens with zero attached hydrogens (tertiary/aromatic N) is 1. The summed E-state index contributed by atoms with van der Waals surface area (Å²) in [7, 11) is 1.41. The molecule has 0 saturated carbocycles. The highest BCUT2D eigenvalue weighted by atomic mass is 127. The number of anilines is 1. The van der Waals surface area contributed by atoms with Gasteiger partial charge in [-0.05, 0) is 59.3 Å². The van der Waals surface area contributed by atoms with Gasteiger partial charge in [-0.2, -0.15) is 26.3 Å². The molecule has 192 valence electrons. The molecule has 1 aliphatic rings. The van der Waals surface area contributed by atoms with E-state index in [0.29, 0.717) is 28.2 Å². The first-order chi connectivity index (χ1) is 16.3. The molecule has 1 amide bonds. The highest BCUT2D eigenvalue weighted by Crippen LogP contribution is 2.56. The first-order valence-electron chi connectivity index (χ1n) is 10.2. The molecule has 0 spiro atoms. The third-order valence-corrected chi connectivity index (χ3v) is 6.32. The lowest BCUT2D eigenvalue weighted by Gasteiger charge is -2.33. The van der Waals surface area contributed by atoms with Crippen molar-refractivity contribution in [1.82, 2.24) is 0 Å². The van der Waals surface area contributed by atoms with Gasteiger partial charge in [0.2, 0.25) is 6.79 Å². The molecule has 0 radical (unpaired) electrons. The Labute approximate surface area is 209 Å². The molecule has 0 atom stereocenters. The SMILES string of the molecule is CCCCN(C(=O)c1cc(OC)ccc1I)c1ccc(C(O)(C(F)(F)F)C(F)(F)F)c2c1OCO2. The van der Waals surface area contributed by atoms with E-state index in [2.05, 4.69) is 0 Å². The maximum absolute atomic E-state index is 13.5. The number of amides is 1. The summed E-state index contributed by atoms with van der Waals surface area (Å²) in [4.78, 5) is 14.7. The van der Waals surface area contributed by atoms with Crippen LogP contribution in [-0.4, -0.2) is 43.8 Å². The minimum Gasteiger partial charge on any atom is -0.497 e. The van der Waals surface area contributed by atoms with Gasteiger partial charge in [0.1, 0.15) is 5.75 Å². The van der Waals surface area contributed by atoms with E-state index >= 15 is 0 Å². The molecule has 35 heavy (non-hydrogen) atoms. The summed E-state index contributed by atoms with van der Waals surface area (Å²) >= 11 is 1.93. The van der Waals surface area contributed by atoms with Crippen molar-refractivity contribution in [3.05, 3.63) is 45.0 Å². The molecule has 0 unspecified atom stereocenters. The van der Waals surface area contributed by atoms with Crippen LogP contribution in [0.1, 0.15) is 35.7 Å². The summed E-state index contributed by atoms with van der Waals surface area (Å²) in [5.41, 5.74) is -6.67. The standard InChI is InChI=1S/C22H20F6INO5/c1-3-4-9-30(19(31)13-10-12(33-2)5-7-15(13)29)16-8-6-14(17-18(16)35-11-34-17)20(32,21(23,24)25)22(26,27)28/h5-8,10,32H,3-4,9,11H2,1-2H3. The van der Waals surface area contributed by atoms with E-state index in [1.165, 1.54) is 18.1 Å². The molecule has 13 heteroatoms. The topological polar surface area (TPSA) is 68.2 Å². The van der Waals surface area contributed by atoms with Crippen molar-refractivity contribution < 1.29 is 50.5 Å². The third kappa shape index (κ3) is 4.84. The van der Waals surface area contributed by atoms with Crippen molar-refractivity contribution >= 4 is 34.2 Å². The Balaban J connectivity index is 2.19. The van der Waals surface area contributed by atoms with Crippen LogP contribution in [0.25, 0.3) is 0 Å². The van der Waals surface area contributed by atoms with Gasteiger partial charge in [0.15, 0.2) is 11.5 Å². The average Bonchev–Trinajstić information content (AvgIpc) is 3.27. The maximum atomic E-state index is 13.5. The Bertz CT molecular complexity index is 1090. The Morgan fingerprint density at radius 1 is 1.09 bits per heavy atom. The van der Waals surface area contributed by atoms with Crippen LogP contribution in [0.2, 0.25) is 0 Å². The first-order valence-corrected chi connectivity index (χ1v) is 11.3. The van der Waals surface area contributed by atoms with Gasteiger partial charge in [-0.1, -0.05) is 13.3 Å². The lowest BCUT2D eigenvalue weighted by Crippen LogP contribution is -2.54. The number of hydrogen-bond acceptors (Lipinski definition) is 5. The van der Waals surface area contributed by atoms with Crippen LogP contribution in [0.5, 0.6) is 17.2 Å². The molecular weight excluding hydrogens is 599 g/mol. The second-order valence-electron chi connectivity index (χ2n) is 7.56. The third-order valence-electron chi connectivity index (χ3n) is 5.38. The molecule has 3 rings (SSSR count). The Morgan fingerprint density at radius 2 is 1.71 bits per heavy atom. The zero-order valence-electron chi connectivity index (χ0n) is 18.4. The fourth-order valence-electron chi connectivity index (χ4n) is 3.53. The van der Waals surface area contributed by atoms with Crippen LogP contribution in [0.15, 0.2) is 30.3 Å². The van der Waals surface area contributed by atoms with Crippen LogP contribution in [0, 0.1) is 3.57 Å². The van der Waals surface area contributed by atoms with Gasteiger partial charge in [-0.25, -0.2) is 0 Å². The van der Waals surface area contributed by atoms with Gasteiger partial charge >= 0.3 is 12.4 Å². The Kier molecular flexibility index (Phi) is 7.70. The Hall–Kier alpha value is -2.42. The highest BCUT2D eigenvalue weighted by molar-refractivity contribution is 14.1. The lowest BCUT2D eigenvalue weighted by molar-refractivity contribution is -0.376. The van der Waals surface area contributed by atoms with Crippen LogP contribution in [-0.2, 0) is 5.60 Å². The summed E-state index contributed by atoms with van der Waals surface area (Å²) < 4.78 is 96.9. The van der Waals surface area contributed by atoms with Crippen molar-refractivity contribution in [2.45, 2.75) is 37.7 Å². The summed E-state index contributed by atoms with van der Waals surface area (Å²) in [5, 5.41) is 9.89. The fraction of sp³-hybridized carbons (Fsp3) is 0.409. The van der Waals surface area contributed by atoms with Gasteiger partial charge in [0.05, 0.1) is 18.4 Å². The van der Waals surface area contributed by atoms with Crippen molar-refractivity contribution in [1.29, 1.82) is 0 Å². The monoisotopic (exact) mass is 619 g/mol. The van der Waals surface area contributed by atoms with Crippen molar-refractivity contribution in [2.75, 3.05) is 25.3 Å². The molecule has 6 nitrogen and oxygen atoms in total. The van der Waals surface area contributed by atoms with E-state index in [0.717, 1.165) is 6.07 Å². The zero-order chi connectivity index (χ0) is 26.2. The lowest BCUT2D eigenvalue weighted by atomic mass is 9.90. The average molecular weight is 619 g/mol. The maximum Gasteiger partial charge on any atom is 0.430 e. The number of carbonyl (C=O) groups is 1. The number of ether oxygens (including phenoxy) is 3. The van der Waals surface area contributed by atoms with Crippen LogP contribution >= 0.6 is 22.6 Å². The predicted molar refractivity (Wildman–Crippen MR) is 121 cm³/mol. The quantitative estimate of drug-likeness (QED) is 0.314. The molecule has 1 heterocycles. The molecule has 2 aromatic rings. The van der Waals surface area contributed by atoms with Crippen molar-refractivity contribution in [2.24, 2.45) is 0 Å². The molecule has 1 aliphatic heterocycles. The second-order valence-corrected chi connectivity index (χ2v) is 8.72. The minimum atomic E-state index is -6.11. The molecule has 1 N–H and O–H groups in total. The van der Waals surface area contributed by atoms with Gasteiger partial charge in [-0.15, -0.1) is 0 Å². The number of unbranched alkanes of at least 4 members (excludes halogenated alkanes) is 1. The molecule has 0 fully saturated rings. The summed E-state index contributed by atoms with van der Waals surface area (Å²) in [6.45, 7) is 1.23. The van der Waals surface area contributed by atoms with Gasteiger partial charge in [0, 0.05) is 15.7 Å². The van der Waals surface area contributed by atoms with E-state index in [1.54, 1.807) is 12.1 Å². The predicted octanol–water partition coefficient (Wildman–Crippen LogP) is 5.79. The number of aliphatic hydroxyl groups is 1. The fourth-order valence-corrected chi connectivity index (χ4v) is 4.10. The molecular formula is C22H20F6INO5. The summed E-state index contributed by atoms with van der Waals surface area (Å²) in [6, 6.07) is 6.07. The number of fused-ring (bicyclic) bond motifs is 1. The van der Waals surface area contributed by atoms with Crippen molar-refractivity contribution in [3.63, 3.8) is 0 Å². The molecule has 0 saturated heterocycles. The molecule has 0 bridgehead atoms. The zero-order valence-corrected chi connectivity index (χ0v) is 20.5. The van der Waals surface area contributed by atoms with Gasteiger partial charge in [0.25, 0.3) is 11.5 Å². The number of alkyl halides is 6. The number of hydrogen-bond donors (Lipinski definition) is 1. The van der Waals surface area contributed by atoms with E-state index in [-0.39, 0.29) is 17.8 Å². The van der Waals surface area contributed by atoms with Crippen LogP contribution in [0.4, 0.5) is 32.0 Å². The summed E-state index contributed by atoms with van der Waals surface area (Å²) in [5.74, 6) is -1.63. The normalized spacial score (nSPS) is 13.7. The van der Waals surface area contributed by atoms with Gasteiger partial charge in [-0.3, -0.25) is 4.79 Å². The van der Waals surface area contributed by atoms with Gasteiger partial charge < -0.3 is 24.2 Å². The number of carbonyl (C=O) groups excluding carboxylic acids is 1. The number of halogens is 7. The molecule has 0 aliphatic carbocycles. The Morgan fingerprint density at radius 3 is 2.29 bits per heavy atom. The second kappa shape index (κ2) is 9.91. The number of rotatable bonds is 7. The minimum absolute atomic E-state index is 0.0839.